The Morgan fingerprint density at radius 3 is 1.12 bits per heavy atom. The maximum absolute atomic E-state index is 4.67. The summed E-state index contributed by atoms with van der Waals surface area (Å²) in [7, 11) is 16.8. The molecule has 0 atom stereocenters. The van der Waals surface area contributed by atoms with E-state index >= 15 is 0 Å². The molecule has 4 saturated heterocycles. The summed E-state index contributed by atoms with van der Waals surface area (Å²) in [5, 5.41) is 2.13. The molecule has 16 rings (SSSR count). The Morgan fingerprint density at radius 2 is 0.667 bits per heavy atom. The van der Waals surface area contributed by atoms with Crippen LogP contribution in [0.5, 0.6) is 0 Å². The van der Waals surface area contributed by atoms with Gasteiger partial charge in [0.05, 0.1) is 83.1 Å². The number of rotatable bonds is 16. The monoisotopic (exact) mass is 1450 g/mol. The lowest BCUT2D eigenvalue weighted by atomic mass is 10.2. The lowest BCUT2D eigenvalue weighted by molar-refractivity contribution is 0.312. The van der Waals surface area contributed by atoms with Gasteiger partial charge in [0.15, 0.2) is 11.6 Å². The molecule has 29 heteroatoms. The zero-order valence-electron chi connectivity index (χ0n) is 64.4. The summed E-state index contributed by atoms with van der Waals surface area (Å²) >= 11 is 0. The van der Waals surface area contributed by atoms with Crippen LogP contribution in [-0.4, -0.2) is 265 Å². The second kappa shape index (κ2) is 35.0. The van der Waals surface area contributed by atoms with Gasteiger partial charge < -0.3 is 58.8 Å². The fourth-order valence-corrected chi connectivity index (χ4v) is 13.8. The molecule has 0 N–H and O–H groups in total. The summed E-state index contributed by atoms with van der Waals surface area (Å²) < 4.78 is 0. The first-order chi connectivity index (χ1) is 52.4. The zero-order chi connectivity index (χ0) is 75.2. The van der Waals surface area contributed by atoms with E-state index < -0.39 is 0 Å². The van der Waals surface area contributed by atoms with Crippen LogP contribution in [0.25, 0.3) is 43.9 Å². The maximum Gasteiger partial charge on any atom is 0.158 e. The van der Waals surface area contributed by atoms with E-state index in [1.165, 1.54) is 0 Å². The first kappa shape index (κ1) is 75.0. The van der Waals surface area contributed by atoms with Crippen molar-refractivity contribution in [2.45, 2.75) is 53.9 Å². The minimum atomic E-state index is 0.632. The molecule has 16 heterocycles. The van der Waals surface area contributed by atoms with Crippen LogP contribution in [0.3, 0.4) is 0 Å². The fourth-order valence-electron chi connectivity index (χ4n) is 13.8. The number of pyridine rings is 7. The highest BCUT2D eigenvalue weighted by atomic mass is 15.3. The molecule has 4 aliphatic rings. The Labute approximate surface area is 632 Å². The molecule has 4 aliphatic heterocycles. The molecule has 0 aromatic carbocycles. The Balaban J connectivity index is 0.000000127. The van der Waals surface area contributed by atoms with Crippen molar-refractivity contribution in [3.63, 3.8) is 0 Å². The van der Waals surface area contributed by atoms with Crippen LogP contribution in [0.1, 0.15) is 46.1 Å². The van der Waals surface area contributed by atoms with Gasteiger partial charge in [-0.05, 0) is 110 Å². The first-order valence-electron chi connectivity index (χ1n) is 37.0. The average Bonchev–Trinajstić information content (AvgIpc) is 0.812. The van der Waals surface area contributed by atoms with Gasteiger partial charge in [-0.2, -0.15) is 0 Å². The molecule has 12 aromatic heterocycles. The summed E-state index contributed by atoms with van der Waals surface area (Å²) in [5.41, 5.74) is 11.4. The molecule has 4 fully saturated rings. The third-order valence-corrected chi connectivity index (χ3v) is 19.8. The molecule has 0 spiro atoms. The summed E-state index contributed by atoms with van der Waals surface area (Å²) in [6, 6.07) is 28.1. The average molecular weight is 1450 g/mol. The van der Waals surface area contributed by atoms with Gasteiger partial charge in [-0.15, -0.1) is 0 Å². The number of hydrogen-bond acceptors (Lipinski definition) is 29. The van der Waals surface area contributed by atoms with Crippen LogP contribution in [0.15, 0.2) is 141 Å². The quantitative estimate of drug-likeness (QED) is 0.0891. The molecule has 12 aromatic rings. The number of aromatic nitrogens is 17. The molecule has 0 bridgehead atoms. The lowest BCUT2D eigenvalue weighted by Gasteiger charge is -2.33. The summed E-state index contributed by atoms with van der Waals surface area (Å²) in [5.74, 6) is 8.96. The van der Waals surface area contributed by atoms with Gasteiger partial charge in [0.25, 0.3) is 0 Å². The lowest BCUT2D eigenvalue weighted by Crippen LogP contribution is -2.45. The van der Waals surface area contributed by atoms with Gasteiger partial charge in [0, 0.05) is 211 Å². The largest absolute Gasteiger partial charge is 0.367 e. The van der Waals surface area contributed by atoms with Gasteiger partial charge in [0.2, 0.25) is 0 Å². The van der Waals surface area contributed by atoms with Crippen molar-refractivity contribution in [3.8, 4) is 0 Å². The SMILES string of the molecule is Cc1nc(CN(C)c2ccnc3cccnc23)cc(N2CCN(C)CC2)n1.Cc1nc(CN(C)c2cncc3cccnc23)cc(N2CCN(C)CC2)n1.Cc1nc(CN(C)c2nccc3cccnc23)cc(N2CCN(C)CC2)n1.Cc1nc(CN(C)c2ncnc3cccnc23)cc(N2CCN(C)CC2)n1. The second-order valence-electron chi connectivity index (χ2n) is 28.4. The van der Waals surface area contributed by atoms with E-state index in [0.717, 1.165) is 241 Å². The van der Waals surface area contributed by atoms with E-state index in [2.05, 4.69) is 216 Å². The number of anilines is 8. The molecule has 29 nitrogen and oxygen atoms in total. The molecule has 0 saturated carbocycles. The minimum absolute atomic E-state index is 0.632. The molecule has 560 valence electrons. The molecule has 0 radical (unpaired) electrons. The first-order valence-corrected chi connectivity index (χ1v) is 37.0. The second-order valence-corrected chi connectivity index (χ2v) is 28.4. The predicted molar refractivity (Wildman–Crippen MR) is 430 cm³/mol. The third-order valence-electron chi connectivity index (χ3n) is 19.8. The highest BCUT2D eigenvalue weighted by Gasteiger charge is 2.24. The van der Waals surface area contributed by atoms with Gasteiger partial charge >= 0.3 is 0 Å². The smallest absolute Gasteiger partial charge is 0.158 e. The van der Waals surface area contributed by atoms with Crippen molar-refractivity contribution in [1.82, 2.24) is 104 Å². The van der Waals surface area contributed by atoms with Crippen LogP contribution in [-0.2, 0) is 26.2 Å². The van der Waals surface area contributed by atoms with Crippen LogP contribution < -0.4 is 39.2 Å². The topological polar surface area (TPSA) is 258 Å². The van der Waals surface area contributed by atoms with Crippen molar-refractivity contribution >= 4 is 90.2 Å². The van der Waals surface area contributed by atoms with Crippen molar-refractivity contribution < 1.29 is 0 Å². The molecule has 0 aliphatic carbocycles. The van der Waals surface area contributed by atoms with E-state index in [9.17, 15) is 0 Å². The Morgan fingerprint density at radius 1 is 0.306 bits per heavy atom. The Kier molecular flexibility index (Phi) is 24.3. The molecule has 0 unspecified atom stereocenters. The van der Waals surface area contributed by atoms with Gasteiger partial charge in [-0.1, -0.05) is 6.07 Å². The Bertz CT molecular complexity index is 4340. The normalized spacial score (nSPS) is 15.3. The van der Waals surface area contributed by atoms with Gasteiger partial charge in [-0.3, -0.25) is 29.9 Å². The highest BCUT2D eigenvalue weighted by Crippen LogP contribution is 2.29. The molecular formula is C79H99N29. The molecular weight excluding hydrogens is 1360 g/mol. The van der Waals surface area contributed by atoms with E-state index in [4.69, 9.17) is 0 Å². The van der Waals surface area contributed by atoms with E-state index in [1.54, 1.807) is 12.5 Å². The van der Waals surface area contributed by atoms with Crippen molar-refractivity contribution in [2.24, 2.45) is 0 Å². The van der Waals surface area contributed by atoms with E-state index in [1.807, 2.05) is 140 Å². The highest BCUT2D eigenvalue weighted by molar-refractivity contribution is 5.90. The number of likely N-dealkylation sites (N-methyl/N-ethyl adjacent to an activating group) is 4. The number of piperazine rings is 4. The van der Waals surface area contributed by atoms with Crippen LogP contribution in [0.4, 0.5) is 46.3 Å². The summed E-state index contributed by atoms with van der Waals surface area (Å²) in [4.78, 5) is 105. The summed E-state index contributed by atoms with van der Waals surface area (Å²) in [6.07, 6.45) is 16.2. The van der Waals surface area contributed by atoms with Crippen molar-refractivity contribution in [3.05, 3.63) is 187 Å². The number of aryl methyl sites for hydroxylation is 4. The Hall–Kier alpha value is -11.3. The van der Waals surface area contributed by atoms with Crippen molar-refractivity contribution in [2.75, 3.05) is 200 Å². The molecule has 108 heavy (non-hydrogen) atoms. The zero-order valence-corrected chi connectivity index (χ0v) is 64.4. The fraction of sp³-hybridized carbons (Fsp3) is 0.405. The van der Waals surface area contributed by atoms with Gasteiger partial charge in [0.1, 0.15) is 69.4 Å². The number of fused-ring (bicyclic) bond motifs is 4. The standard InChI is InChI=1S/3C20H25N7.C19H24N8/c1-15-23-16(13-19(24-15)27-11-9-25(2)10-12-27)14-26(3)18-6-8-21-17-5-4-7-22-20(17)18;1-15-23-17(13-18(24-15)27-11-9-25(2)10-12-27)14-26(3)20-19-16(6-8-22-20)5-4-7-21-19;1-15-23-17(11-19(24-15)27-9-7-25(2)8-10-27)14-26(3)18-13-21-12-16-5-4-6-22-20(16)18;1-14-23-15(11-17(24-14)27-9-7-25(2)8-10-27)12-26(3)19-18-16(21-13-22-19)5-4-6-20-18/h2*4-8,13H,9-12,14H2,1-3H3;4-6,11-13H,7-10,14H2,1-3H3;4-6,11,13H,7-10,12H2,1-3H3. The van der Waals surface area contributed by atoms with E-state index in [-0.39, 0.29) is 0 Å². The van der Waals surface area contributed by atoms with Gasteiger partial charge in [-0.25, -0.2) is 54.8 Å². The van der Waals surface area contributed by atoms with Crippen LogP contribution >= 0.6 is 0 Å². The minimum Gasteiger partial charge on any atom is -0.367 e. The summed E-state index contributed by atoms with van der Waals surface area (Å²) in [6.45, 7) is 26.9. The predicted octanol–water partition coefficient (Wildman–Crippen LogP) is 7.86. The maximum atomic E-state index is 4.67. The van der Waals surface area contributed by atoms with Crippen LogP contribution in [0.2, 0.25) is 0 Å². The van der Waals surface area contributed by atoms with Crippen molar-refractivity contribution in [1.29, 1.82) is 0 Å². The third kappa shape index (κ3) is 19.1. The number of hydrogen-bond donors (Lipinski definition) is 0. The molecule has 0 amide bonds. The number of nitrogens with zero attached hydrogens (tertiary/aromatic N) is 29. The van der Waals surface area contributed by atoms with Crippen LogP contribution in [0, 0.1) is 27.7 Å². The van der Waals surface area contributed by atoms with E-state index in [0.29, 0.717) is 26.2 Å².